The summed E-state index contributed by atoms with van der Waals surface area (Å²) in [5.41, 5.74) is 2.79. The number of carbonyl (C=O) groups is 2. The van der Waals surface area contributed by atoms with Crippen molar-refractivity contribution in [2.24, 2.45) is 0 Å². The molecule has 3 rings (SSSR count). The lowest BCUT2D eigenvalue weighted by Crippen LogP contribution is -2.31. The van der Waals surface area contributed by atoms with Crippen molar-refractivity contribution in [1.82, 2.24) is 5.32 Å². The lowest BCUT2D eigenvalue weighted by atomic mass is 10.1. The van der Waals surface area contributed by atoms with E-state index >= 15 is 0 Å². The molecule has 0 radical (unpaired) electrons. The van der Waals surface area contributed by atoms with E-state index in [0.717, 1.165) is 5.69 Å². The number of halogens is 1. The minimum absolute atomic E-state index is 0.00994. The first-order valence-electron chi connectivity index (χ1n) is 10.3. The van der Waals surface area contributed by atoms with Gasteiger partial charge in [0.25, 0.3) is 17.5 Å². The number of hydrogen-bond donors (Lipinski definition) is 2. The second-order valence-electron chi connectivity index (χ2n) is 7.69. The van der Waals surface area contributed by atoms with Gasteiger partial charge in [0.05, 0.1) is 16.2 Å². The van der Waals surface area contributed by atoms with Gasteiger partial charge in [-0.05, 0) is 64.3 Å². The van der Waals surface area contributed by atoms with Crippen LogP contribution in [0.3, 0.4) is 0 Å². The van der Waals surface area contributed by atoms with E-state index in [4.69, 9.17) is 0 Å². The Morgan fingerprint density at radius 1 is 1.03 bits per heavy atom. The Kier molecular flexibility index (Phi) is 7.80. The molecule has 0 spiro atoms. The zero-order valence-electron chi connectivity index (χ0n) is 18.8. The monoisotopic (exact) mass is 522 g/mol. The molecule has 0 saturated heterocycles. The molecule has 0 atom stereocenters. The van der Waals surface area contributed by atoms with Crippen LogP contribution < -0.4 is 15.5 Å². The van der Waals surface area contributed by atoms with E-state index in [1.165, 1.54) is 12.1 Å². The Bertz CT molecular complexity index is 1270. The van der Waals surface area contributed by atoms with Crippen LogP contribution in [0.4, 0.5) is 17.1 Å². The molecule has 0 heterocycles. The van der Waals surface area contributed by atoms with Crippen LogP contribution >= 0.6 is 15.9 Å². The Labute approximate surface area is 205 Å². The molecule has 0 aliphatic carbocycles. The number of non-ortho nitro benzene ring substituents is 1. The number of benzene rings is 3. The molecule has 2 N–H and O–H groups in total. The third kappa shape index (κ3) is 6.08. The first-order chi connectivity index (χ1) is 16.2. The summed E-state index contributed by atoms with van der Waals surface area (Å²) in [4.78, 5) is 38.7. The number of nitrogens with one attached hydrogen (secondary N) is 2. The fraction of sp³-hybridized carbons (Fsp3) is 0.120. The molecule has 3 aromatic rings. The first kappa shape index (κ1) is 24.7. The Morgan fingerprint density at radius 3 is 2.32 bits per heavy atom. The summed E-state index contributed by atoms with van der Waals surface area (Å²) in [6.07, 6.45) is 1.55. The highest BCUT2D eigenvalue weighted by Crippen LogP contribution is 2.23. The van der Waals surface area contributed by atoms with Gasteiger partial charge < -0.3 is 15.5 Å². The molecule has 0 fully saturated rings. The molecule has 0 aliphatic heterocycles. The van der Waals surface area contributed by atoms with Crippen molar-refractivity contribution in [2.45, 2.75) is 6.92 Å². The average molecular weight is 523 g/mol. The number of rotatable bonds is 7. The van der Waals surface area contributed by atoms with E-state index in [1.807, 2.05) is 43.3 Å². The summed E-state index contributed by atoms with van der Waals surface area (Å²) >= 11 is 3.35. The summed E-state index contributed by atoms with van der Waals surface area (Å²) in [6, 6.07) is 18.5. The minimum atomic E-state index is -0.610. The second kappa shape index (κ2) is 10.8. The molecular formula is C25H23BrN4O4. The van der Waals surface area contributed by atoms with Crippen LogP contribution in [0.5, 0.6) is 0 Å². The molecule has 174 valence electrons. The van der Waals surface area contributed by atoms with Crippen molar-refractivity contribution in [3.8, 4) is 0 Å². The number of carbonyl (C=O) groups excluding carboxylic acids is 2. The summed E-state index contributed by atoms with van der Waals surface area (Å²) in [6.45, 7) is 1.72. The molecule has 0 unspecified atom stereocenters. The van der Waals surface area contributed by atoms with Gasteiger partial charge in [-0.2, -0.15) is 0 Å². The fourth-order valence-electron chi connectivity index (χ4n) is 3.08. The van der Waals surface area contributed by atoms with Crippen LogP contribution in [0.25, 0.3) is 6.08 Å². The molecular weight excluding hydrogens is 500 g/mol. The largest absolute Gasteiger partial charge is 0.378 e. The number of amides is 2. The number of nitrogens with zero attached hydrogens (tertiary/aromatic N) is 2. The fourth-order valence-corrected chi connectivity index (χ4v) is 3.54. The van der Waals surface area contributed by atoms with Crippen LogP contribution in [0, 0.1) is 17.0 Å². The van der Waals surface area contributed by atoms with Crippen molar-refractivity contribution in [2.75, 3.05) is 24.3 Å². The van der Waals surface area contributed by atoms with Crippen LogP contribution in [0.2, 0.25) is 0 Å². The maximum absolute atomic E-state index is 13.2. The number of nitro benzene ring substituents is 1. The van der Waals surface area contributed by atoms with E-state index < -0.39 is 16.7 Å². The van der Waals surface area contributed by atoms with Gasteiger partial charge in [0.2, 0.25) is 0 Å². The molecule has 8 nitrogen and oxygen atoms in total. The van der Waals surface area contributed by atoms with Crippen molar-refractivity contribution >= 4 is 50.9 Å². The highest BCUT2D eigenvalue weighted by atomic mass is 79.9. The smallest absolute Gasteiger partial charge is 0.272 e. The molecule has 0 bridgehead atoms. The molecule has 9 heteroatoms. The Morgan fingerprint density at radius 2 is 1.71 bits per heavy atom. The predicted octanol–water partition coefficient (Wildman–Crippen LogP) is 5.14. The highest BCUT2D eigenvalue weighted by Gasteiger charge is 2.18. The lowest BCUT2D eigenvalue weighted by molar-refractivity contribution is -0.384. The molecule has 2 amide bonds. The highest BCUT2D eigenvalue weighted by molar-refractivity contribution is 9.10. The van der Waals surface area contributed by atoms with E-state index in [2.05, 4.69) is 26.6 Å². The summed E-state index contributed by atoms with van der Waals surface area (Å²) in [7, 11) is 3.84. The summed E-state index contributed by atoms with van der Waals surface area (Å²) in [5.74, 6) is -1.09. The van der Waals surface area contributed by atoms with Gasteiger partial charge in [-0.15, -0.1) is 0 Å². The predicted molar refractivity (Wildman–Crippen MR) is 137 cm³/mol. The maximum atomic E-state index is 13.2. The van der Waals surface area contributed by atoms with Crippen LogP contribution in [-0.2, 0) is 4.79 Å². The third-order valence-electron chi connectivity index (χ3n) is 5.01. The van der Waals surface area contributed by atoms with E-state index in [0.29, 0.717) is 21.2 Å². The van der Waals surface area contributed by atoms with E-state index in [9.17, 15) is 19.7 Å². The van der Waals surface area contributed by atoms with Crippen LogP contribution in [0.1, 0.15) is 21.5 Å². The van der Waals surface area contributed by atoms with Gasteiger partial charge in [0.1, 0.15) is 5.70 Å². The molecule has 34 heavy (non-hydrogen) atoms. The van der Waals surface area contributed by atoms with Gasteiger partial charge in [0, 0.05) is 36.4 Å². The quantitative estimate of drug-likeness (QED) is 0.254. The lowest BCUT2D eigenvalue weighted by Gasteiger charge is -2.14. The standard InChI is InChI=1S/C25H23BrN4O4/c1-16-8-11-19(30(33)34)15-22(16)27-25(32)23(14-17-9-12-18(13-10-17)29(2)3)28-24(31)20-6-4-5-7-21(20)26/h4-15H,1-3H3,(H,27,32)(H,28,31). The van der Waals surface area contributed by atoms with Crippen LogP contribution in [0.15, 0.2) is 76.9 Å². The topological polar surface area (TPSA) is 105 Å². The molecule has 0 aliphatic rings. The van der Waals surface area contributed by atoms with Gasteiger partial charge in [-0.3, -0.25) is 19.7 Å². The van der Waals surface area contributed by atoms with Crippen molar-refractivity contribution < 1.29 is 14.5 Å². The zero-order chi connectivity index (χ0) is 24.8. The van der Waals surface area contributed by atoms with Gasteiger partial charge >= 0.3 is 0 Å². The number of aryl methyl sites for hydroxylation is 1. The summed E-state index contributed by atoms with van der Waals surface area (Å²) < 4.78 is 0.581. The average Bonchev–Trinajstić information content (AvgIpc) is 2.80. The summed E-state index contributed by atoms with van der Waals surface area (Å²) in [5, 5.41) is 16.5. The van der Waals surface area contributed by atoms with Crippen LogP contribution in [-0.4, -0.2) is 30.8 Å². The molecule has 0 aromatic heterocycles. The number of anilines is 2. The first-order valence-corrected chi connectivity index (χ1v) is 11.1. The molecule has 0 saturated carbocycles. The normalized spacial score (nSPS) is 11.0. The minimum Gasteiger partial charge on any atom is -0.378 e. The van der Waals surface area contributed by atoms with Crippen molar-refractivity contribution in [3.63, 3.8) is 0 Å². The van der Waals surface area contributed by atoms with Crippen molar-refractivity contribution in [3.05, 3.63) is 104 Å². The Balaban J connectivity index is 1.96. The van der Waals surface area contributed by atoms with Gasteiger partial charge in [-0.1, -0.05) is 30.3 Å². The Hall–Kier alpha value is -3.98. The van der Waals surface area contributed by atoms with Crippen molar-refractivity contribution in [1.29, 1.82) is 0 Å². The number of nitro groups is 1. The third-order valence-corrected chi connectivity index (χ3v) is 5.70. The van der Waals surface area contributed by atoms with Gasteiger partial charge in [-0.25, -0.2) is 0 Å². The zero-order valence-corrected chi connectivity index (χ0v) is 20.4. The van der Waals surface area contributed by atoms with Gasteiger partial charge in [0.15, 0.2) is 0 Å². The van der Waals surface area contributed by atoms with E-state index in [-0.39, 0.29) is 17.1 Å². The van der Waals surface area contributed by atoms with E-state index in [1.54, 1.807) is 43.3 Å². The number of hydrogen-bond acceptors (Lipinski definition) is 5. The SMILES string of the molecule is Cc1ccc([N+](=O)[O-])cc1NC(=O)C(=Cc1ccc(N(C)C)cc1)NC(=O)c1ccccc1Br. The second-order valence-corrected chi connectivity index (χ2v) is 8.54. The molecule has 3 aromatic carbocycles. The maximum Gasteiger partial charge on any atom is 0.272 e.